The number of pyridine rings is 1. The molecule has 0 saturated carbocycles. The first kappa shape index (κ1) is 18.2. The average molecular weight is 340 g/mol. The van der Waals surface area contributed by atoms with E-state index in [1.54, 1.807) is 0 Å². The van der Waals surface area contributed by atoms with Crippen LogP contribution in [0.5, 0.6) is 5.88 Å². The van der Waals surface area contributed by atoms with Gasteiger partial charge in [-0.3, -0.25) is 0 Å². The highest BCUT2D eigenvalue weighted by Crippen LogP contribution is 2.29. The minimum absolute atomic E-state index is 0.0107. The van der Waals surface area contributed by atoms with E-state index in [0.29, 0.717) is 6.54 Å². The van der Waals surface area contributed by atoms with Crippen molar-refractivity contribution in [2.24, 2.45) is 0 Å². The maximum absolute atomic E-state index is 12.4. The van der Waals surface area contributed by atoms with E-state index >= 15 is 0 Å². The molecule has 0 saturated heterocycles. The van der Waals surface area contributed by atoms with Crippen molar-refractivity contribution in [3.05, 3.63) is 59.3 Å². The number of aromatic nitrogens is 1. The van der Waals surface area contributed by atoms with Crippen molar-refractivity contribution in [2.75, 3.05) is 13.2 Å². The van der Waals surface area contributed by atoms with Crippen LogP contribution >= 0.6 is 0 Å². The van der Waals surface area contributed by atoms with Crippen molar-refractivity contribution in [3.63, 3.8) is 0 Å². The summed E-state index contributed by atoms with van der Waals surface area (Å²) < 4.78 is 42.6. The fourth-order valence-electron chi connectivity index (χ4n) is 2.14. The minimum Gasteiger partial charge on any atom is -0.476 e. The lowest BCUT2D eigenvalue weighted by Gasteiger charge is -2.15. The minimum atomic E-state index is -4.40. The molecule has 0 aliphatic heterocycles. The van der Waals surface area contributed by atoms with E-state index < -0.39 is 11.7 Å². The van der Waals surface area contributed by atoms with Gasteiger partial charge in [0.15, 0.2) is 0 Å². The van der Waals surface area contributed by atoms with Gasteiger partial charge in [-0.2, -0.15) is 13.2 Å². The lowest BCUT2D eigenvalue weighted by atomic mass is 10.1. The van der Waals surface area contributed by atoms with Crippen molar-refractivity contribution >= 4 is 0 Å². The molecule has 0 bridgehead atoms. The zero-order valence-corrected chi connectivity index (χ0v) is 13.2. The number of rotatable bonds is 7. The molecule has 0 spiro atoms. The Hall–Kier alpha value is -2.12. The first-order valence-electron chi connectivity index (χ1n) is 7.49. The Balaban J connectivity index is 1.78. The summed E-state index contributed by atoms with van der Waals surface area (Å²) in [7, 11) is 0. The van der Waals surface area contributed by atoms with E-state index in [2.05, 4.69) is 10.3 Å². The molecule has 0 aliphatic carbocycles. The number of hydrogen-bond donors (Lipinski definition) is 2. The van der Waals surface area contributed by atoms with E-state index in [9.17, 15) is 13.2 Å². The second-order valence-electron chi connectivity index (χ2n) is 5.31. The highest BCUT2D eigenvalue weighted by atomic mass is 19.4. The third kappa shape index (κ3) is 5.21. The number of aliphatic hydroxyl groups is 1. The summed E-state index contributed by atoms with van der Waals surface area (Å²) in [6, 6.07) is 9.79. The SMILES string of the molecule is CC(NCCOc1ccc(C(F)(F)F)cn1)c1cccc(CO)c1. The molecule has 0 aliphatic rings. The zero-order valence-electron chi connectivity index (χ0n) is 13.2. The van der Waals surface area contributed by atoms with E-state index in [0.717, 1.165) is 23.4 Å². The van der Waals surface area contributed by atoms with Crippen molar-refractivity contribution in [1.29, 1.82) is 0 Å². The summed E-state index contributed by atoms with van der Waals surface area (Å²) in [6.45, 7) is 2.76. The van der Waals surface area contributed by atoms with Gasteiger partial charge >= 0.3 is 6.18 Å². The number of aliphatic hydroxyl groups excluding tert-OH is 1. The van der Waals surface area contributed by atoms with Crippen LogP contribution in [-0.2, 0) is 12.8 Å². The lowest BCUT2D eigenvalue weighted by Crippen LogP contribution is -2.24. The lowest BCUT2D eigenvalue weighted by molar-refractivity contribution is -0.137. The van der Waals surface area contributed by atoms with Crippen LogP contribution < -0.4 is 10.1 Å². The normalized spacial score (nSPS) is 12.9. The Morgan fingerprint density at radius 1 is 1.25 bits per heavy atom. The predicted molar refractivity (Wildman–Crippen MR) is 83.5 cm³/mol. The second-order valence-corrected chi connectivity index (χ2v) is 5.31. The summed E-state index contributed by atoms with van der Waals surface area (Å²) in [5, 5.41) is 12.4. The monoisotopic (exact) mass is 340 g/mol. The van der Waals surface area contributed by atoms with Gasteiger partial charge in [0.2, 0.25) is 5.88 Å². The number of halogens is 3. The standard InChI is InChI=1S/C17H19F3N2O2/c1-12(14-4-2-3-13(9-14)11-23)21-7-8-24-16-6-5-15(10-22-16)17(18,19)20/h2-6,9-10,12,21,23H,7-8,11H2,1H3. The zero-order chi connectivity index (χ0) is 17.6. The topological polar surface area (TPSA) is 54.4 Å². The average Bonchev–Trinajstić information content (AvgIpc) is 2.58. The summed E-state index contributed by atoms with van der Waals surface area (Å²) in [4.78, 5) is 3.64. The molecular formula is C17H19F3N2O2. The molecule has 1 aromatic heterocycles. The van der Waals surface area contributed by atoms with Gasteiger partial charge in [0.25, 0.3) is 0 Å². The molecule has 4 nitrogen and oxygen atoms in total. The van der Waals surface area contributed by atoms with Gasteiger partial charge in [-0.15, -0.1) is 0 Å². The van der Waals surface area contributed by atoms with Crippen LogP contribution in [0.3, 0.4) is 0 Å². The van der Waals surface area contributed by atoms with Gasteiger partial charge in [0.1, 0.15) is 6.61 Å². The quantitative estimate of drug-likeness (QED) is 0.759. The van der Waals surface area contributed by atoms with Gasteiger partial charge in [-0.05, 0) is 24.1 Å². The summed E-state index contributed by atoms with van der Waals surface area (Å²) in [6.07, 6.45) is -3.64. The third-order valence-corrected chi connectivity index (χ3v) is 3.50. The second kappa shape index (κ2) is 8.12. The van der Waals surface area contributed by atoms with Gasteiger partial charge in [-0.25, -0.2) is 4.98 Å². The predicted octanol–water partition coefficient (Wildman–Crippen LogP) is 3.32. The van der Waals surface area contributed by atoms with Crippen LogP contribution in [0.4, 0.5) is 13.2 Å². The fourth-order valence-corrected chi connectivity index (χ4v) is 2.14. The largest absolute Gasteiger partial charge is 0.476 e. The molecule has 0 radical (unpaired) electrons. The molecule has 1 unspecified atom stereocenters. The van der Waals surface area contributed by atoms with E-state index in [1.807, 2.05) is 31.2 Å². The van der Waals surface area contributed by atoms with Crippen molar-refractivity contribution < 1.29 is 23.0 Å². The number of ether oxygens (including phenoxy) is 1. The molecule has 1 atom stereocenters. The molecule has 0 fully saturated rings. The summed E-state index contributed by atoms with van der Waals surface area (Å²) in [5.41, 5.74) is 1.07. The van der Waals surface area contributed by atoms with Crippen molar-refractivity contribution in [2.45, 2.75) is 25.7 Å². The molecule has 2 N–H and O–H groups in total. The van der Waals surface area contributed by atoms with Crippen LogP contribution in [0.1, 0.15) is 29.7 Å². The van der Waals surface area contributed by atoms with Gasteiger partial charge in [0, 0.05) is 24.8 Å². The van der Waals surface area contributed by atoms with Crippen LogP contribution in [0.2, 0.25) is 0 Å². The summed E-state index contributed by atoms with van der Waals surface area (Å²) in [5.74, 6) is 0.153. The first-order chi connectivity index (χ1) is 11.4. The van der Waals surface area contributed by atoms with E-state index in [-0.39, 0.29) is 25.1 Å². The molecule has 1 heterocycles. The molecule has 2 rings (SSSR count). The Kier molecular flexibility index (Phi) is 6.16. The Morgan fingerprint density at radius 3 is 2.67 bits per heavy atom. The molecule has 0 amide bonds. The number of nitrogens with one attached hydrogen (secondary N) is 1. The molecule has 1 aromatic carbocycles. The Bertz CT molecular complexity index is 645. The highest BCUT2D eigenvalue weighted by molar-refractivity contribution is 5.25. The highest BCUT2D eigenvalue weighted by Gasteiger charge is 2.30. The number of benzene rings is 1. The Labute approximate surface area is 138 Å². The van der Waals surface area contributed by atoms with Crippen LogP contribution in [-0.4, -0.2) is 23.2 Å². The van der Waals surface area contributed by atoms with Crippen LogP contribution in [0, 0.1) is 0 Å². The van der Waals surface area contributed by atoms with Crippen LogP contribution in [0.25, 0.3) is 0 Å². The van der Waals surface area contributed by atoms with E-state index in [4.69, 9.17) is 9.84 Å². The molecule has 24 heavy (non-hydrogen) atoms. The van der Waals surface area contributed by atoms with Crippen LogP contribution in [0.15, 0.2) is 42.6 Å². The summed E-state index contributed by atoms with van der Waals surface area (Å²) >= 11 is 0. The van der Waals surface area contributed by atoms with E-state index in [1.165, 1.54) is 6.07 Å². The molecule has 130 valence electrons. The third-order valence-electron chi connectivity index (χ3n) is 3.50. The van der Waals surface area contributed by atoms with Crippen molar-refractivity contribution in [1.82, 2.24) is 10.3 Å². The number of alkyl halides is 3. The van der Waals surface area contributed by atoms with Crippen molar-refractivity contribution in [3.8, 4) is 5.88 Å². The van der Waals surface area contributed by atoms with Gasteiger partial charge in [0.05, 0.1) is 12.2 Å². The molecule has 7 heteroatoms. The van der Waals surface area contributed by atoms with Gasteiger partial charge < -0.3 is 15.2 Å². The smallest absolute Gasteiger partial charge is 0.417 e. The Morgan fingerprint density at radius 2 is 2.04 bits per heavy atom. The first-order valence-corrected chi connectivity index (χ1v) is 7.49. The fraction of sp³-hybridized carbons (Fsp3) is 0.353. The maximum atomic E-state index is 12.4. The van der Waals surface area contributed by atoms with Gasteiger partial charge in [-0.1, -0.05) is 24.3 Å². The molecular weight excluding hydrogens is 321 g/mol. The maximum Gasteiger partial charge on any atom is 0.417 e. The molecule has 2 aromatic rings. The number of nitrogens with zero attached hydrogens (tertiary/aromatic N) is 1. The number of hydrogen-bond acceptors (Lipinski definition) is 4.